The first-order valence-corrected chi connectivity index (χ1v) is 10.2. The van der Waals surface area contributed by atoms with E-state index in [2.05, 4.69) is 15.3 Å². The van der Waals surface area contributed by atoms with Crippen LogP contribution in [0.2, 0.25) is 0 Å². The number of nitrogens with one attached hydrogen (secondary N) is 1. The summed E-state index contributed by atoms with van der Waals surface area (Å²) in [7, 11) is 0. The van der Waals surface area contributed by atoms with Crippen molar-refractivity contribution in [3.63, 3.8) is 0 Å². The number of amides is 1. The number of hydrogen-bond donors (Lipinski definition) is 1. The number of carbonyl (C=O) groups is 1. The van der Waals surface area contributed by atoms with E-state index in [1.165, 1.54) is 18.1 Å². The molecule has 3 heterocycles. The predicted octanol–water partition coefficient (Wildman–Crippen LogP) is 5.09. The van der Waals surface area contributed by atoms with Gasteiger partial charge in [0.25, 0.3) is 0 Å². The highest BCUT2D eigenvalue weighted by Gasteiger charge is 2.17. The standard InChI is InChI=1S/C22H17N3O3S/c1-13(18-10-14-6-2-4-8-16(14)27-18)25-19(26)11-29-22-21-20(23-12-24-22)15-7-3-5-9-17(15)28-21/h2-10,12-13H,11H2,1H3,(H,25,26)/t13-/m0/s1. The molecule has 0 saturated heterocycles. The fourth-order valence-corrected chi connectivity index (χ4v) is 4.05. The number of benzene rings is 2. The molecule has 7 heteroatoms. The molecule has 2 aromatic carbocycles. The Morgan fingerprint density at radius 1 is 1.07 bits per heavy atom. The average molecular weight is 403 g/mol. The maximum Gasteiger partial charge on any atom is 0.231 e. The summed E-state index contributed by atoms with van der Waals surface area (Å²) in [6.45, 7) is 1.91. The summed E-state index contributed by atoms with van der Waals surface area (Å²) in [5, 5.41) is 5.58. The summed E-state index contributed by atoms with van der Waals surface area (Å²) < 4.78 is 11.7. The van der Waals surface area contributed by atoms with Crippen LogP contribution in [0.25, 0.3) is 33.0 Å². The van der Waals surface area contributed by atoms with Gasteiger partial charge in [-0.05, 0) is 31.2 Å². The third-order valence-corrected chi connectivity index (χ3v) is 5.68. The van der Waals surface area contributed by atoms with E-state index in [1.54, 1.807) is 0 Å². The number of hydrogen-bond acceptors (Lipinski definition) is 6. The monoisotopic (exact) mass is 403 g/mol. The lowest BCUT2D eigenvalue weighted by molar-refractivity contribution is -0.119. The van der Waals surface area contributed by atoms with E-state index in [-0.39, 0.29) is 17.7 Å². The normalized spacial score (nSPS) is 12.6. The van der Waals surface area contributed by atoms with Gasteiger partial charge in [0.2, 0.25) is 5.91 Å². The maximum atomic E-state index is 12.5. The van der Waals surface area contributed by atoms with Gasteiger partial charge in [-0.15, -0.1) is 0 Å². The molecule has 0 saturated carbocycles. The van der Waals surface area contributed by atoms with E-state index in [0.717, 1.165) is 33.2 Å². The Labute approximate surface area is 170 Å². The molecule has 5 aromatic rings. The lowest BCUT2D eigenvalue weighted by Gasteiger charge is -2.11. The van der Waals surface area contributed by atoms with Crippen LogP contribution >= 0.6 is 11.8 Å². The lowest BCUT2D eigenvalue weighted by atomic mass is 10.2. The first-order chi connectivity index (χ1) is 14.2. The second-order valence-electron chi connectivity index (χ2n) is 6.72. The fraction of sp³-hybridized carbons (Fsp3) is 0.136. The van der Waals surface area contributed by atoms with E-state index >= 15 is 0 Å². The van der Waals surface area contributed by atoms with E-state index in [1.807, 2.05) is 61.5 Å². The van der Waals surface area contributed by atoms with E-state index < -0.39 is 0 Å². The minimum absolute atomic E-state index is 0.106. The van der Waals surface area contributed by atoms with Crippen molar-refractivity contribution in [3.05, 3.63) is 66.7 Å². The second kappa shape index (κ2) is 7.25. The third-order valence-electron chi connectivity index (χ3n) is 4.71. The van der Waals surface area contributed by atoms with Gasteiger partial charge >= 0.3 is 0 Å². The third kappa shape index (κ3) is 3.34. The first kappa shape index (κ1) is 17.8. The summed E-state index contributed by atoms with van der Waals surface area (Å²) >= 11 is 1.33. The Hall–Kier alpha value is -3.32. The van der Waals surface area contributed by atoms with Crippen molar-refractivity contribution in [2.45, 2.75) is 18.0 Å². The highest BCUT2D eigenvalue weighted by atomic mass is 32.2. The molecule has 0 aliphatic carbocycles. The average Bonchev–Trinajstić information content (AvgIpc) is 3.34. The Bertz CT molecular complexity index is 1310. The van der Waals surface area contributed by atoms with Crippen molar-refractivity contribution >= 4 is 50.7 Å². The Morgan fingerprint density at radius 2 is 1.86 bits per heavy atom. The molecule has 29 heavy (non-hydrogen) atoms. The van der Waals surface area contributed by atoms with Crippen LogP contribution in [-0.4, -0.2) is 21.6 Å². The highest BCUT2D eigenvalue weighted by molar-refractivity contribution is 8.00. The van der Waals surface area contributed by atoms with Gasteiger partial charge in [0.15, 0.2) is 5.58 Å². The van der Waals surface area contributed by atoms with Gasteiger partial charge in [-0.1, -0.05) is 42.1 Å². The molecule has 0 aliphatic heterocycles. The molecule has 6 nitrogen and oxygen atoms in total. The molecule has 144 valence electrons. The SMILES string of the molecule is C[C@H](NC(=O)CSc1ncnc2c1oc1ccccc12)c1cc2ccccc2o1. The maximum absolute atomic E-state index is 12.5. The Kier molecular flexibility index (Phi) is 4.44. The van der Waals surface area contributed by atoms with Gasteiger partial charge in [-0.3, -0.25) is 4.79 Å². The van der Waals surface area contributed by atoms with Gasteiger partial charge in [0.05, 0.1) is 11.8 Å². The number of thioether (sulfide) groups is 1. The van der Waals surface area contributed by atoms with Gasteiger partial charge < -0.3 is 14.2 Å². The Morgan fingerprint density at radius 3 is 2.72 bits per heavy atom. The van der Waals surface area contributed by atoms with Crippen LogP contribution in [0.4, 0.5) is 0 Å². The number of para-hydroxylation sites is 2. The molecular formula is C22H17N3O3S. The molecule has 1 amide bonds. The summed E-state index contributed by atoms with van der Waals surface area (Å²) in [5.74, 6) is 0.838. The van der Waals surface area contributed by atoms with Crippen LogP contribution in [0.15, 0.2) is 74.8 Å². The molecular weight excluding hydrogens is 386 g/mol. The number of aromatic nitrogens is 2. The molecule has 0 fully saturated rings. The second-order valence-corrected chi connectivity index (χ2v) is 7.68. The first-order valence-electron chi connectivity index (χ1n) is 9.22. The zero-order chi connectivity index (χ0) is 19.8. The largest absolute Gasteiger partial charge is 0.459 e. The fourth-order valence-electron chi connectivity index (χ4n) is 3.31. The van der Waals surface area contributed by atoms with Crippen molar-refractivity contribution < 1.29 is 13.6 Å². The van der Waals surface area contributed by atoms with Crippen LogP contribution in [0.3, 0.4) is 0 Å². The van der Waals surface area contributed by atoms with Crippen LogP contribution in [0, 0.1) is 0 Å². The van der Waals surface area contributed by atoms with E-state index in [4.69, 9.17) is 8.83 Å². The smallest absolute Gasteiger partial charge is 0.231 e. The van der Waals surface area contributed by atoms with Crippen molar-refractivity contribution in [1.82, 2.24) is 15.3 Å². The number of carbonyl (C=O) groups excluding carboxylic acids is 1. The minimum atomic E-state index is -0.230. The summed E-state index contributed by atoms with van der Waals surface area (Å²) in [4.78, 5) is 21.1. The van der Waals surface area contributed by atoms with Crippen molar-refractivity contribution in [2.24, 2.45) is 0 Å². The van der Waals surface area contributed by atoms with Crippen LogP contribution in [0.5, 0.6) is 0 Å². The number of rotatable bonds is 5. The summed E-state index contributed by atoms with van der Waals surface area (Å²) in [6.07, 6.45) is 1.50. The van der Waals surface area contributed by atoms with Gasteiger partial charge in [0, 0.05) is 10.8 Å². The number of fused-ring (bicyclic) bond motifs is 4. The molecule has 1 N–H and O–H groups in total. The van der Waals surface area contributed by atoms with Crippen molar-refractivity contribution in [3.8, 4) is 0 Å². The zero-order valence-electron chi connectivity index (χ0n) is 15.6. The Balaban J connectivity index is 1.30. The van der Waals surface area contributed by atoms with Crippen LogP contribution < -0.4 is 5.32 Å². The molecule has 0 bridgehead atoms. The van der Waals surface area contributed by atoms with Crippen molar-refractivity contribution in [2.75, 3.05) is 5.75 Å². The van der Waals surface area contributed by atoms with E-state index in [0.29, 0.717) is 10.6 Å². The minimum Gasteiger partial charge on any atom is -0.459 e. The van der Waals surface area contributed by atoms with Gasteiger partial charge in [0.1, 0.15) is 33.8 Å². The molecule has 0 unspecified atom stereocenters. The van der Waals surface area contributed by atoms with E-state index in [9.17, 15) is 4.79 Å². The van der Waals surface area contributed by atoms with Gasteiger partial charge in [-0.2, -0.15) is 0 Å². The van der Waals surface area contributed by atoms with Gasteiger partial charge in [-0.25, -0.2) is 9.97 Å². The quantitative estimate of drug-likeness (QED) is 0.325. The lowest BCUT2D eigenvalue weighted by Crippen LogP contribution is -2.27. The molecule has 3 aromatic heterocycles. The van der Waals surface area contributed by atoms with Crippen LogP contribution in [-0.2, 0) is 4.79 Å². The van der Waals surface area contributed by atoms with Crippen molar-refractivity contribution in [1.29, 1.82) is 0 Å². The number of furan rings is 2. The number of nitrogens with zero attached hydrogens (tertiary/aromatic N) is 2. The zero-order valence-corrected chi connectivity index (χ0v) is 16.4. The molecule has 1 atom stereocenters. The summed E-state index contributed by atoms with van der Waals surface area (Å²) in [6, 6.07) is 17.2. The summed E-state index contributed by atoms with van der Waals surface area (Å²) in [5.41, 5.74) is 2.94. The molecule has 0 spiro atoms. The predicted molar refractivity (Wildman–Crippen MR) is 113 cm³/mol. The molecule has 0 aliphatic rings. The topological polar surface area (TPSA) is 81.2 Å². The molecule has 0 radical (unpaired) electrons. The molecule has 5 rings (SSSR count). The highest BCUT2D eigenvalue weighted by Crippen LogP contribution is 2.32. The van der Waals surface area contributed by atoms with Crippen LogP contribution in [0.1, 0.15) is 18.7 Å².